The van der Waals surface area contributed by atoms with E-state index in [0.29, 0.717) is 22.4 Å². The van der Waals surface area contributed by atoms with Gasteiger partial charge in [-0.25, -0.2) is 0 Å². The zero-order valence-electron chi connectivity index (χ0n) is 17.2. The minimum atomic E-state index is -0.319. The molecule has 0 aliphatic heterocycles. The Hall–Kier alpha value is -3.79. The van der Waals surface area contributed by atoms with Crippen LogP contribution in [0.4, 0.5) is 5.69 Å². The van der Waals surface area contributed by atoms with E-state index in [-0.39, 0.29) is 11.7 Å². The maximum atomic E-state index is 13.2. The van der Waals surface area contributed by atoms with Crippen LogP contribution in [-0.4, -0.2) is 16.7 Å². The van der Waals surface area contributed by atoms with E-state index in [1.54, 1.807) is 36.4 Å². The van der Waals surface area contributed by atoms with Gasteiger partial charge in [0, 0.05) is 22.2 Å². The number of aryl methyl sites for hydroxylation is 3. The van der Waals surface area contributed by atoms with Crippen molar-refractivity contribution in [3.05, 3.63) is 106 Å². The van der Waals surface area contributed by atoms with Crippen molar-refractivity contribution in [3.8, 4) is 0 Å². The number of rotatable bonds is 4. The maximum Gasteiger partial charge on any atom is 0.256 e. The van der Waals surface area contributed by atoms with Crippen LogP contribution in [-0.2, 0) is 0 Å². The average Bonchev–Trinajstić information content (AvgIpc) is 2.74. The molecule has 1 heterocycles. The molecule has 148 valence electrons. The summed E-state index contributed by atoms with van der Waals surface area (Å²) < 4.78 is 0. The van der Waals surface area contributed by atoms with Gasteiger partial charge in [0.15, 0.2) is 5.78 Å². The molecule has 0 saturated heterocycles. The number of amides is 1. The summed E-state index contributed by atoms with van der Waals surface area (Å²) in [5, 5.41) is 3.90. The van der Waals surface area contributed by atoms with E-state index < -0.39 is 0 Å². The highest BCUT2D eigenvalue weighted by Crippen LogP contribution is 2.28. The van der Waals surface area contributed by atoms with E-state index in [4.69, 9.17) is 0 Å². The molecule has 0 unspecified atom stereocenters. The van der Waals surface area contributed by atoms with Gasteiger partial charge < -0.3 is 5.32 Å². The number of hydrogen-bond acceptors (Lipinski definition) is 3. The van der Waals surface area contributed by atoms with Gasteiger partial charge in [-0.05, 0) is 44.5 Å². The van der Waals surface area contributed by atoms with Crippen LogP contribution in [0.5, 0.6) is 0 Å². The van der Waals surface area contributed by atoms with Crippen molar-refractivity contribution >= 4 is 28.3 Å². The quantitative estimate of drug-likeness (QED) is 0.456. The van der Waals surface area contributed by atoms with Crippen molar-refractivity contribution in [3.63, 3.8) is 0 Å². The first-order valence-electron chi connectivity index (χ1n) is 9.83. The summed E-state index contributed by atoms with van der Waals surface area (Å²) in [5.74, 6) is -0.496. The first-order chi connectivity index (χ1) is 14.4. The molecule has 1 N–H and O–H groups in total. The van der Waals surface area contributed by atoms with Crippen LogP contribution in [0.1, 0.15) is 43.1 Å². The third kappa shape index (κ3) is 3.72. The lowest BCUT2D eigenvalue weighted by Crippen LogP contribution is -2.17. The lowest BCUT2D eigenvalue weighted by Gasteiger charge is -2.14. The van der Waals surface area contributed by atoms with E-state index in [0.717, 1.165) is 27.7 Å². The average molecular weight is 394 g/mol. The van der Waals surface area contributed by atoms with Gasteiger partial charge in [0.05, 0.1) is 16.8 Å². The van der Waals surface area contributed by atoms with Crippen LogP contribution in [0.25, 0.3) is 10.9 Å². The number of nitrogens with zero attached hydrogens (tertiary/aromatic N) is 1. The molecule has 1 amide bonds. The van der Waals surface area contributed by atoms with Gasteiger partial charge in [0.2, 0.25) is 0 Å². The number of fused-ring (bicyclic) bond motifs is 1. The molecule has 4 heteroatoms. The molecule has 0 aliphatic rings. The summed E-state index contributed by atoms with van der Waals surface area (Å²) >= 11 is 0. The van der Waals surface area contributed by atoms with Gasteiger partial charge in [0.25, 0.3) is 5.91 Å². The third-order valence-corrected chi connectivity index (χ3v) is 5.08. The number of carbonyl (C=O) groups is 2. The number of aromatic nitrogens is 1. The van der Waals surface area contributed by atoms with E-state index >= 15 is 0 Å². The number of nitrogens with one attached hydrogen (secondary N) is 1. The second-order valence-electron chi connectivity index (χ2n) is 7.48. The first kappa shape index (κ1) is 19.5. The number of hydrogen-bond donors (Lipinski definition) is 1. The van der Waals surface area contributed by atoms with Gasteiger partial charge >= 0.3 is 0 Å². The zero-order chi connectivity index (χ0) is 21.3. The number of pyridine rings is 1. The predicted octanol–water partition coefficient (Wildman–Crippen LogP) is 5.64. The highest BCUT2D eigenvalue weighted by molar-refractivity contribution is 6.18. The van der Waals surface area contributed by atoms with Crippen molar-refractivity contribution < 1.29 is 9.59 Å². The molecular formula is C26H22N2O2. The summed E-state index contributed by atoms with van der Waals surface area (Å²) in [7, 11) is 0. The van der Waals surface area contributed by atoms with E-state index in [9.17, 15) is 9.59 Å². The van der Waals surface area contributed by atoms with Crippen LogP contribution in [0.15, 0.2) is 72.8 Å². The normalized spacial score (nSPS) is 10.8. The Kier molecular flexibility index (Phi) is 5.15. The molecule has 0 radical (unpaired) electrons. The molecule has 0 atom stereocenters. The summed E-state index contributed by atoms with van der Waals surface area (Å²) in [4.78, 5) is 30.8. The smallest absolute Gasteiger partial charge is 0.256 e. The number of anilines is 1. The predicted molar refractivity (Wildman–Crippen MR) is 120 cm³/mol. The molecule has 1 aromatic heterocycles. The highest BCUT2D eigenvalue weighted by atomic mass is 16.2. The lowest BCUT2D eigenvalue weighted by atomic mass is 9.97. The Morgan fingerprint density at radius 3 is 2.20 bits per heavy atom. The van der Waals surface area contributed by atoms with Crippen LogP contribution < -0.4 is 5.32 Å². The van der Waals surface area contributed by atoms with Crippen LogP contribution in [0, 0.1) is 20.8 Å². The van der Waals surface area contributed by atoms with E-state index in [2.05, 4.69) is 16.4 Å². The number of ketones is 1. The molecular weight excluding hydrogens is 372 g/mol. The van der Waals surface area contributed by atoms with Crippen molar-refractivity contribution in [2.75, 3.05) is 5.32 Å². The van der Waals surface area contributed by atoms with Crippen molar-refractivity contribution in [2.24, 2.45) is 0 Å². The third-order valence-electron chi connectivity index (χ3n) is 5.08. The van der Waals surface area contributed by atoms with Gasteiger partial charge in [-0.2, -0.15) is 0 Å². The fourth-order valence-corrected chi connectivity index (χ4v) is 3.73. The van der Waals surface area contributed by atoms with Gasteiger partial charge in [-0.3, -0.25) is 14.6 Å². The number of benzene rings is 3. The fourth-order valence-electron chi connectivity index (χ4n) is 3.73. The van der Waals surface area contributed by atoms with Crippen molar-refractivity contribution in [2.45, 2.75) is 20.8 Å². The largest absolute Gasteiger partial charge is 0.321 e. The molecule has 0 fully saturated rings. The van der Waals surface area contributed by atoms with Crippen LogP contribution >= 0.6 is 0 Å². The summed E-state index contributed by atoms with van der Waals surface area (Å²) in [6.45, 7) is 5.94. The Morgan fingerprint density at radius 2 is 1.47 bits per heavy atom. The Balaban J connectivity index is 1.75. The molecule has 4 rings (SSSR count). The second kappa shape index (κ2) is 7.91. The van der Waals surface area contributed by atoms with E-state index in [1.807, 2.05) is 51.1 Å². The molecule has 0 bridgehead atoms. The molecule has 3 aromatic carbocycles. The zero-order valence-corrected chi connectivity index (χ0v) is 17.2. The summed E-state index contributed by atoms with van der Waals surface area (Å²) in [6.07, 6.45) is 0. The molecule has 0 aliphatic carbocycles. The van der Waals surface area contributed by atoms with Gasteiger partial charge in [0.1, 0.15) is 0 Å². The number of carbonyl (C=O) groups excluding carboxylic acids is 2. The van der Waals surface area contributed by atoms with E-state index in [1.165, 1.54) is 0 Å². The minimum Gasteiger partial charge on any atom is -0.321 e. The van der Waals surface area contributed by atoms with Gasteiger partial charge in [-0.15, -0.1) is 0 Å². The lowest BCUT2D eigenvalue weighted by molar-refractivity contribution is 0.0996. The molecule has 0 saturated carbocycles. The topological polar surface area (TPSA) is 59.1 Å². The SMILES string of the molecule is Cc1cc(C)c2nc(C)cc(NC(=O)c3ccccc3C(=O)c3ccccc3)c2c1. The fraction of sp³-hybridized carbons (Fsp3) is 0.115. The molecule has 30 heavy (non-hydrogen) atoms. The Bertz CT molecular complexity index is 1280. The Labute approximate surface area is 175 Å². The van der Waals surface area contributed by atoms with Crippen LogP contribution in [0.2, 0.25) is 0 Å². The van der Waals surface area contributed by atoms with Crippen molar-refractivity contribution in [1.29, 1.82) is 0 Å². The Morgan fingerprint density at radius 1 is 0.800 bits per heavy atom. The van der Waals surface area contributed by atoms with Crippen LogP contribution in [0.3, 0.4) is 0 Å². The molecule has 0 spiro atoms. The van der Waals surface area contributed by atoms with Crippen molar-refractivity contribution in [1.82, 2.24) is 4.98 Å². The molecule has 4 aromatic rings. The minimum absolute atomic E-state index is 0.177. The highest BCUT2D eigenvalue weighted by Gasteiger charge is 2.19. The first-order valence-corrected chi connectivity index (χ1v) is 9.83. The van der Waals surface area contributed by atoms with Gasteiger partial charge in [-0.1, -0.05) is 60.2 Å². The summed E-state index contributed by atoms with van der Waals surface area (Å²) in [6, 6.07) is 21.8. The monoisotopic (exact) mass is 394 g/mol. The summed E-state index contributed by atoms with van der Waals surface area (Å²) in [5.41, 5.74) is 5.81. The maximum absolute atomic E-state index is 13.2. The molecule has 4 nitrogen and oxygen atoms in total. The standard InChI is InChI=1S/C26H22N2O2/c1-16-13-17(2)24-22(14-16)23(15-18(3)27-24)28-26(30)21-12-8-7-11-20(21)25(29)19-9-5-4-6-10-19/h4-15H,1-3H3,(H,27,28,30). The second-order valence-corrected chi connectivity index (χ2v) is 7.48.